The zero-order valence-electron chi connectivity index (χ0n) is 26.2. The molecule has 46 heavy (non-hydrogen) atoms. The van der Waals surface area contributed by atoms with E-state index in [1.165, 1.54) is 24.8 Å². The maximum atomic E-state index is 13.3. The van der Waals surface area contributed by atoms with E-state index in [1.807, 2.05) is 0 Å². The first kappa shape index (κ1) is 37.3. The van der Waals surface area contributed by atoms with Crippen molar-refractivity contribution >= 4 is 40.9 Å². The smallest absolute Gasteiger partial charge is 0.315 e. The van der Waals surface area contributed by atoms with Crippen LogP contribution < -0.4 is 32.7 Å². The molecule has 2 aromatic heterocycles. The van der Waals surface area contributed by atoms with Gasteiger partial charge in [0.25, 0.3) is 0 Å². The van der Waals surface area contributed by atoms with Gasteiger partial charge in [-0.2, -0.15) is 0 Å². The minimum atomic E-state index is -1.07. The second-order valence-corrected chi connectivity index (χ2v) is 11.1. The van der Waals surface area contributed by atoms with E-state index < -0.39 is 48.3 Å². The lowest BCUT2D eigenvalue weighted by atomic mass is 10.1. The van der Waals surface area contributed by atoms with Crippen molar-refractivity contribution in [1.82, 2.24) is 31.2 Å². The molecule has 0 saturated carbocycles. The molecule has 0 aliphatic heterocycles. The summed E-state index contributed by atoms with van der Waals surface area (Å²) in [4.78, 5) is 63.6. The molecule has 3 aromatic rings. The van der Waals surface area contributed by atoms with Gasteiger partial charge in [-0.05, 0) is 49.1 Å². The molecular formula is C31H42FN9O4S. The van der Waals surface area contributed by atoms with E-state index in [2.05, 4.69) is 50.1 Å². The fourth-order valence-corrected chi connectivity index (χ4v) is 4.63. The standard InChI is InChI=1S/C28H34FN9O4S.C3H8/c1-17(19-6-8-20(29)9-7-19)36-28(42)38-22(14-18-4-2-10-32-15-18)25(41)35-16-23(39)37-21(5-3-11-34-27(30)31)24(40)26-33-12-13-43-26;1-3-2/h2,4,6-10,12-13,15,17,21-22H,3,5,11,14,16H2,1H3,(H,35,41)(H,37,39)(H4,30,31,34)(H2,36,38,42);3H2,1-2H3. The number of pyridine rings is 1. The Kier molecular flexibility index (Phi) is 16.3. The van der Waals surface area contributed by atoms with Gasteiger partial charge in [-0.3, -0.25) is 24.4 Å². The maximum Gasteiger partial charge on any atom is 0.315 e. The summed E-state index contributed by atoms with van der Waals surface area (Å²) in [6.45, 7) is 5.78. The Labute approximate surface area is 271 Å². The number of benzene rings is 1. The lowest BCUT2D eigenvalue weighted by molar-refractivity contribution is -0.127. The summed E-state index contributed by atoms with van der Waals surface area (Å²) in [5.41, 5.74) is 12.0. The van der Waals surface area contributed by atoms with Crippen molar-refractivity contribution in [2.75, 3.05) is 13.1 Å². The topological polar surface area (TPSA) is 207 Å². The van der Waals surface area contributed by atoms with Crippen LogP contribution in [0.1, 0.15) is 67.0 Å². The molecule has 13 nitrogen and oxygen atoms in total. The van der Waals surface area contributed by atoms with Crippen molar-refractivity contribution in [2.24, 2.45) is 16.5 Å². The Morgan fingerprint density at radius 2 is 1.72 bits per heavy atom. The summed E-state index contributed by atoms with van der Waals surface area (Å²) >= 11 is 1.15. The van der Waals surface area contributed by atoms with Crippen molar-refractivity contribution in [2.45, 2.75) is 64.6 Å². The molecule has 0 aliphatic rings. The Morgan fingerprint density at radius 3 is 2.33 bits per heavy atom. The Morgan fingerprint density at radius 1 is 1.00 bits per heavy atom. The number of nitrogens with two attached hydrogens (primary N) is 2. The van der Waals surface area contributed by atoms with Crippen LogP contribution in [0, 0.1) is 5.82 Å². The lowest BCUT2D eigenvalue weighted by Crippen LogP contribution is -2.53. The zero-order chi connectivity index (χ0) is 33.9. The van der Waals surface area contributed by atoms with Gasteiger partial charge >= 0.3 is 6.03 Å². The van der Waals surface area contributed by atoms with Gasteiger partial charge in [0.05, 0.1) is 18.6 Å². The zero-order valence-corrected chi connectivity index (χ0v) is 27.0. The van der Waals surface area contributed by atoms with Crippen LogP contribution in [0.25, 0.3) is 0 Å². The van der Waals surface area contributed by atoms with E-state index in [0.29, 0.717) is 17.5 Å². The largest absolute Gasteiger partial charge is 0.370 e. The maximum absolute atomic E-state index is 13.3. The Bertz CT molecular complexity index is 1400. The first-order chi connectivity index (χ1) is 22.0. The monoisotopic (exact) mass is 655 g/mol. The molecule has 8 N–H and O–H groups in total. The van der Waals surface area contributed by atoms with Gasteiger partial charge in [0.1, 0.15) is 11.9 Å². The van der Waals surface area contributed by atoms with Crippen molar-refractivity contribution < 1.29 is 23.6 Å². The minimum Gasteiger partial charge on any atom is -0.370 e. The van der Waals surface area contributed by atoms with Crippen LogP contribution >= 0.6 is 11.3 Å². The van der Waals surface area contributed by atoms with Gasteiger partial charge in [0.2, 0.25) is 17.6 Å². The number of carbonyl (C=O) groups is 4. The number of hydrogen-bond acceptors (Lipinski definition) is 8. The molecule has 0 fully saturated rings. The highest BCUT2D eigenvalue weighted by Crippen LogP contribution is 2.13. The molecule has 1 aromatic carbocycles. The van der Waals surface area contributed by atoms with E-state index in [9.17, 15) is 23.6 Å². The number of urea groups is 1. The molecule has 248 valence electrons. The molecule has 0 spiro atoms. The molecular weight excluding hydrogens is 613 g/mol. The number of nitrogens with one attached hydrogen (secondary N) is 4. The van der Waals surface area contributed by atoms with Crippen LogP contribution in [-0.4, -0.2) is 64.7 Å². The number of aromatic nitrogens is 2. The summed E-state index contributed by atoms with van der Waals surface area (Å²) in [6.07, 6.45) is 6.62. The molecule has 3 rings (SSSR count). The second kappa shape index (κ2) is 20.2. The van der Waals surface area contributed by atoms with E-state index >= 15 is 0 Å². The van der Waals surface area contributed by atoms with E-state index in [4.69, 9.17) is 11.5 Å². The van der Waals surface area contributed by atoms with Gasteiger partial charge in [0.15, 0.2) is 11.0 Å². The molecule has 0 bridgehead atoms. The number of ketones is 1. The Hall–Kier alpha value is -4.92. The third-order valence-corrected chi connectivity index (χ3v) is 6.95. The van der Waals surface area contributed by atoms with E-state index in [1.54, 1.807) is 49.0 Å². The number of amides is 4. The van der Waals surface area contributed by atoms with Crippen molar-refractivity contribution in [3.05, 3.63) is 82.3 Å². The van der Waals surface area contributed by atoms with Crippen LogP contribution in [0.4, 0.5) is 9.18 Å². The van der Waals surface area contributed by atoms with Gasteiger partial charge in [-0.15, -0.1) is 11.3 Å². The first-order valence-electron chi connectivity index (χ1n) is 14.8. The fourth-order valence-electron chi connectivity index (χ4n) is 4.00. The van der Waals surface area contributed by atoms with Gasteiger partial charge in [-0.1, -0.05) is 38.5 Å². The van der Waals surface area contributed by atoms with Gasteiger partial charge in [-0.25, -0.2) is 14.2 Å². The quantitative estimate of drug-likeness (QED) is 0.0619. The van der Waals surface area contributed by atoms with Crippen LogP contribution in [0.3, 0.4) is 0 Å². The number of Topliss-reactive ketones (excluding diaryl/α,β-unsaturated/α-hetero) is 1. The van der Waals surface area contributed by atoms with E-state index in [-0.39, 0.29) is 36.1 Å². The molecule has 0 aliphatic carbocycles. The number of thiazole rings is 1. The number of nitrogens with zero attached hydrogens (tertiary/aromatic N) is 3. The molecule has 2 heterocycles. The number of rotatable bonds is 15. The summed E-state index contributed by atoms with van der Waals surface area (Å²) in [5.74, 6) is -2.09. The average molecular weight is 656 g/mol. The normalized spacial score (nSPS) is 12.3. The van der Waals surface area contributed by atoms with Crippen molar-refractivity contribution in [1.29, 1.82) is 0 Å². The third-order valence-electron chi connectivity index (χ3n) is 6.17. The number of carbonyl (C=O) groups excluding carboxylic acids is 4. The summed E-state index contributed by atoms with van der Waals surface area (Å²) in [7, 11) is 0. The number of aliphatic imine (C=N–C) groups is 1. The summed E-state index contributed by atoms with van der Waals surface area (Å²) < 4.78 is 13.3. The molecule has 4 amide bonds. The minimum absolute atomic E-state index is 0.0809. The molecule has 3 atom stereocenters. The van der Waals surface area contributed by atoms with Gasteiger partial charge in [0, 0.05) is 36.9 Å². The average Bonchev–Trinajstić information content (AvgIpc) is 3.57. The predicted octanol–water partition coefficient (Wildman–Crippen LogP) is 2.60. The second-order valence-electron chi connectivity index (χ2n) is 10.2. The van der Waals surface area contributed by atoms with Crippen molar-refractivity contribution in [3.63, 3.8) is 0 Å². The Balaban J connectivity index is 0.00000236. The van der Waals surface area contributed by atoms with Crippen LogP contribution in [0.2, 0.25) is 0 Å². The van der Waals surface area contributed by atoms with Gasteiger partial charge < -0.3 is 32.7 Å². The fraction of sp³-hybridized carbons (Fsp3) is 0.387. The predicted molar refractivity (Wildman–Crippen MR) is 175 cm³/mol. The molecule has 15 heteroatoms. The highest BCUT2D eigenvalue weighted by Gasteiger charge is 2.26. The first-order valence-corrected chi connectivity index (χ1v) is 15.7. The lowest BCUT2D eigenvalue weighted by Gasteiger charge is -2.21. The van der Waals surface area contributed by atoms with Crippen LogP contribution in [-0.2, 0) is 16.0 Å². The SMILES string of the molecule is CC(NC(=O)NC(Cc1cccnc1)C(=O)NCC(=O)NC(CCCN=C(N)N)C(=O)c1nccs1)c1ccc(F)cc1.CCC. The van der Waals surface area contributed by atoms with Crippen LogP contribution in [0.15, 0.2) is 65.4 Å². The highest BCUT2D eigenvalue weighted by atomic mass is 32.1. The van der Waals surface area contributed by atoms with Crippen molar-refractivity contribution in [3.8, 4) is 0 Å². The molecule has 3 unspecified atom stereocenters. The molecule has 0 saturated heterocycles. The number of hydrogen-bond donors (Lipinski definition) is 6. The summed E-state index contributed by atoms with van der Waals surface area (Å²) in [5, 5.41) is 12.4. The molecule has 0 radical (unpaired) electrons. The third kappa shape index (κ3) is 13.8. The number of halogens is 1. The number of guanidine groups is 1. The van der Waals surface area contributed by atoms with Crippen LogP contribution in [0.5, 0.6) is 0 Å². The highest BCUT2D eigenvalue weighted by molar-refractivity contribution is 7.11. The summed E-state index contributed by atoms with van der Waals surface area (Å²) in [6, 6.07) is 6.02. The van der Waals surface area contributed by atoms with E-state index in [0.717, 1.165) is 11.3 Å².